The van der Waals surface area contributed by atoms with Crippen molar-refractivity contribution in [3.63, 3.8) is 0 Å². The minimum absolute atomic E-state index is 0. The van der Waals surface area contributed by atoms with Crippen molar-refractivity contribution in [2.45, 2.75) is 31.3 Å². The molecule has 2 atom stereocenters. The lowest BCUT2D eigenvalue weighted by atomic mass is 10.0. The first-order valence-electron chi connectivity index (χ1n) is 3.93. The maximum Gasteiger partial charge on any atom is 0.0233 e. The van der Waals surface area contributed by atoms with E-state index in [1.54, 1.807) is 0 Å². The molecule has 0 aliphatic carbocycles. The molecular formula is C7H16Cl2N2. The third kappa shape index (κ3) is 2.48. The van der Waals surface area contributed by atoms with Crippen LogP contribution in [-0.4, -0.2) is 25.2 Å². The first kappa shape index (κ1) is 11.5. The molecule has 2 heterocycles. The van der Waals surface area contributed by atoms with Crippen molar-refractivity contribution in [3.8, 4) is 0 Å². The van der Waals surface area contributed by atoms with E-state index in [9.17, 15) is 0 Å². The van der Waals surface area contributed by atoms with Crippen LogP contribution in [0.3, 0.4) is 0 Å². The first-order chi connectivity index (χ1) is 4.47. The first-order valence-corrected chi connectivity index (χ1v) is 3.93. The predicted molar refractivity (Wildman–Crippen MR) is 51.9 cm³/mol. The topological polar surface area (TPSA) is 24.1 Å². The normalized spacial score (nSPS) is 34.9. The van der Waals surface area contributed by atoms with Gasteiger partial charge in [-0.1, -0.05) is 0 Å². The summed E-state index contributed by atoms with van der Waals surface area (Å²) in [5, 5.41) is 7.01. The van der Waals surface area contributed by atoms with Gasteiger partial charge in [-0.2, -0.15) is 0 Å². The van der Waals surface area contributed by atoms with Crippen LogP contribution in [0.2, 0.25) is 0 Å². The van der Waals surface area contributed by atoms with Gasteiger partial charge in [0.1, 0.15) is 0 Å². The highest BCUT2D eigenvalue weighted by Gasteiger charge is 2.28. The maximum absolute atomic E-state index is 3.52. The van der Waals surface area contributed by atoms with E-state index in [0.717, 1.165) is 12.1 Å². The zero-order valence-electron chi connectivity index (χ0n) is 6.51. The standard InChI is InChI=1S/C7H14N2.2ClH/c1-2-6-7(8-4-1)3-5-9-6;;/h6-9H,1-5H2;2*1H. The number of halogens is 2. The lowest BCUT2D eigenvalue weighted by Crippen LogP contribution is -2.45. The van der Waals surface area contributed by atoms with Crippen LogP contribution in [0.25, 0.3) is 0 Å². The molecular weight excluding hydrogens is 183 g/mol. The average Bonchev–Trinajstić information content (AvgIpc) is 2.33. The summed E-state index contributed by atoms with van der Waals surface area (Å²) in [5.41, 5.74) is 0. The van der Waals surface area contributed by atoms with Crippen molar-refractivity contribution in [3.05, 3.63) is 0 Å². The van der Waals surface area contributed by atoms with Gasteiger partial charge in [0.15, 0.2) is 0 Å². The monoisotopic (exact) mass is 198 g/mol. The summed E-state index contributed by atoms with van der Waals surface area (Å²) in [6, 6.07) is 1.61. The number of hydrogen-bond acceptors (Lipinski definition) is 2. The highest BCUT2D eigenvalue weighted by molar-refractivity contribution is 5.85. The second-order valence-corrected chi connectivity index (χ2v) is 3.05. The van der Waals surface area contributed by atoms with Crippen molar-refractivity contribution < 1.29 is 0 Å². The molecule has 0 aromatic rings. The number of hydrogen-bond donors (Lipinski definition) is 2. The number of fused-ring (bicyclic) bond motifs is 1. The summed E-state index contributed by atoms with van der Waals surface area (Å²) in [7, 11) is 0. The Morgan fingerprint density at radius 1 is 0.818 bits per heavy atom. The molecule has 2 unspecified atom stereocenters. The van der Waals surface area contributed by atoms with E-state index in [0.29, 0.717) is 0 Å². The van der Waals surface area contributed by atoms with Gasteiger partial charge in [-0.15, -0.1) is 24.8 Å². The molecule has 0 aromatic carbocycles. The summed E-state index contributed by atoms with van der Waals surface area (Å²) in [6.45, 7) is 2.46. The second kappa shape index (κ2) is 5.20. The minimum atomic E-state index is 0. The third-order valence-corrected chi connectivity index (χ3v) is 2.45. The average molecular weight is 199 g/mol. The van der Waals surface area contributed by atoms with Crippen LogP contribution in [0.5, 0.6) is 0 Å². The number of nitrogens with one attached hydrogen (secondary N) is 2. The van der Waals surface area contributed by atoms with Crippen LogP contribution in [0.4, 0.5) is 0 Å². The molecule has 2 rings (SSSR count). The van der Waals surface area contributed by atoms with Gasteiger partial charge in [0, 0.05) is 12.1 Å². The summed E-state index contributed by atoms with van der Waals surface area (Å²) in [6.07, 6.45) is 4.08. The molecule has 0 aromatic heterocycles. The van der Waals surface area contributed by atoms with Gasteiger partial charge in [-0.3, -0.25) is 0 Å². The van der Waals surface area contributed by atoms with Crippen LogP contribution in [-0.2, 0) is 0 Å². The molecule has 0 bridgehead atoms. The van der Waals surface area contributed by atoms with Gasteiger partial charge in [0.2, 0.25) is 0 Å². The molecule has 0 saturated carbocycles. The van der Waals surface area contributed by atoms with Gasteiger partial charge < -0.3 is 10.6 Å². The molecule has 68 valence electrons. The summed E-state index contributed by atoms with van der Waals surface area (Å²) >= 11 is 0. The summed E-state index contributed by atoms with van der Waals surface area (Å²) in [5.74, 6) is 0. The van der Waals surface area contributed by atoms with Crippen molar-refractivity contribution in [2.24, 2.45) is 0 Å². The van der Waals surface area contributed by atoms with Crippen molar-refractivity contribution >= 4 is 24.8 Å². The molecule has 2 saturated heterocycles. The van der Waals surface area contributed by atoms with Gasteiger partial charge in [0.25, 0.3) is 0 Å². The molecule has 2 aliphatic heterocycles. The molecule has 0 radical (unpaired) electrons. The van der Waals surface area contributed by atoms with E-state index >= 15 is 0 Å². The van der Waals surface area contributed by atoms with Crippen LogP contribution in [0.1, 0.15) is 19.3 Å². The number of rotatable bonds is 0. The fourth-order valence-corrected chi connectivity index (χ4v) is 1.92. The molecule has 0 amide bonds. The Labute approximate surface area is 80.3 Å². The van der Waals surface area contributed by atoms with E-state index in [1.165, 1.54) is 32.4 Å². The minimum Gasteiger partial charge on any atom is -0.312 e. The molecule has 2 nitrogen and oxygen atoms in total. The molecule has 11 heavy (non-hydrogen) atoms. The van der Waals surface area contributed by atoms with Crippen molar-refractivity contribution in [1.29, 1.82) is 0 Å². The van der Waals surface area contributed by atoms with Crippen LogP contribution >= 0.6 is 24.8 Å². The summed E-state index contributed by atoms with van der Waals surface area (Å²) in [4.78, 5) is 0. The zero-order valence-corrected chi connectivity index (χ0v) is 8.14. The SMILES string of the molecule is C1CNC2CCNC2C1.Cl.Cl. The molecule has 2 fully saturated rings. The third-order valence-electron chi connectivity index (χ3n) is 2.45. The van der Waals surface area contributed by atoms with Crippen LogP contribution in [0.15, 0.2) is 0 Å². The molecule has 2 aliphatic rings. The lowest BCUT2D eigenvalue weighted by Gasteiger charge is -2.25. The largest absolute Gasteiger partial charge is 0.312 e. The molecule has 0 spiro atoms. The molecule has 2 N–H and O–H groups in total. The fraction of sp³-hybridized carbons (Fsp3) is 1.00. The van der Waals surface area contributed by atoms with E-state index in [2.05, 4.69) is 10.6 Å². The quantitative estimate of drug-likeness (QED) is 0.606. The van der Waals surface area contributed by atoms with Gasteiger partial charge in [-0.05, 0) is 32.4 Å². The van der Waals surface area contributed by atoms with E-state index in [-0.39, 0.29) is 24.8 Å². The fourth-order valence-electron chi connectivity index (χ4n) is 1.92. The van der Waals surface area contributed by atoms with Crippen molar-refractivity contribution in [1.82, 2.24) is 10.6 Å². The van der Waals surface area contributed by atoms with E-state index in [4.69, 9.17) is 0 Å². The van der Waals surface area contributed by atoms with Crippen LogP contribution in [0, 0.1) is 0 Å². The van der Waals surface area contributed by atoms with Gasteiger partial charge in [0.05, 0.1) is 0 Å². The highest BCUT2D eigenvalue weighted by Crippen LogP contribution is 2.15. The Hall–Kier alpha value is 0.500. The van der Waals surface area contributed by atoms with E-state index < -0.39 is 0 Å². The Bertz CT molecular complexity index is 98.6. The Morgan fingerprint density at radius 3 is 2.18 bits per heavy atom. The number of piperidine rings is 1. The highest BCUT2D eigenvalue weighted by atomic mass is 35.5. The van der Waals surface area contributed by atoms with Crippen LogP contribution < -0.4 is 10.6 Å². The van der Waals surface area contributed by atoms with E-state index in [1.807, 2.05) is 0 Å². The smallest absolute Gasteiger partial charge is 0.0233 e. The Balaban J connectivity index is 0.000000500. The van der Waals surface area contributed by atoms with Crippen molar-refractivity contribution in [2.75, 3.05) is 13.1 Å². The lowest BCUT2D eigenvalue weighted by molar-refractivity contribution is 0.365. The predicted octanol–water partition coefficient (Wildman–Crippen LogP) is 0.944. The second-order valence-electron chi connectivity index (χ2n) is 3.05. The molecule has 4 heteroatoms. The zero-order chi connectivity index (χ0) is 6.10. The van der Waals surface area contributed by atoms with Gasteiger partial charge in [-0.25, -0.2) is 0 Å². The Morgan fingerprint density at radius 2 is 1.45 bits per heavy atom. The maximum atomic E-state index is 3.52. The summed E-state index contributed by atoms with van der Waals surface area (Å²) < 4.78 is 0. The Kier molecular flexibility index (Phi) is 5.44. The van der Waals surface area contributed by atoms with Gasteiger partial charge >= 0.3 is 0 Å².